The highest BCUT2D eigenvalue weighted by molar-refractivity contribution is 5.44. The number of rotatable bonds is 5. The fourth-order valence-corrected chi connectivity index (χ4v) is 2.59. The number of aromatic nitrogens is 5. The number of ether oxygens (including phenoxy) is 1. The average Bonchev–Trinajstić information content (AvgIpc) is 3.30. The van der Waals surface area contributed by atoms with E-state index in [0.717, 1.165) is 13.1 Å². The van der Waals surface area contributed by atoms with Crippen LogP contribution >= 0.6 is 0 Å². The molecule has 3 aromatic heterocycles. The van der Waals surface area contributed by atoms with Gasteiger partial charge in [0.1, 0.15) is 12.7 Å². The van der Waals surface area contributed by atoms with E-state index in [1.165, 1.54) is 6.33 Å². The molecule has 1 fully saturated rings. The summed E-state index contributed by atoms with van der Waals surface area (Å²) < 4.78 is 18.1. The molecule has 4 rings (SSSR count). The number of hydrogen-bond donors (Lipinski definition) is 0. The predicted octanol–water partition coefficient (Wildman–Crippen LogP) is 0.822. The maximum absolute atomic E-state index is 5.77. The highest BCUT2D eigenvalue weighted by Crippen LogP contribution is 2.17. The molecule has 0 amide bonds. The lowest BCUT2D eigenvalue weighted by molar-refractivity contribution is -0.0426. The lowest BCUT2D eigenvalue weighted by Gasteiger charge is -2.31. The van der Waals surface area contributed by atoms with Gasteiger partial charge in [0.05, 0.1) is 32.1 Å². The Morgan fingerprint density at radius 1 is 1.35 bits per heavy atom. The largest absolute Gasteiger partial charge is 0.461 e. The first-order valence-corrected chi connectivity index (χ1v) is 7.39. The molecule has 0 saturated carbocycles. The molecule has 0 N–H and O–H groups in total. The van der Waals surface area contributed by atoms with Crippen LogP contribution in [-0.2, 0) is 17.8 Å². The molecule has 0 aromatic carbocycles. The second-order valence-electron chi connectivity index (χ2n) is 5.33. The van der Waals surface area contributed by atoms with E-state index in [1.807, 2.05) is 0 Å². The molecular weight excluding hydrogens is 300 g/mol. The van der Waals surface area contributed by atoms with Crippen molar-refractivity contribution in [2.45, 2.75) is 19.2 Å². The van der Waals surface area contributed by atoms with E-state index in [4.69, 9.17) is 13.7 Å². The third kappa shape index (κ3) is 3.30. The standard InChI is InChI=1S/C14H16N6O3/c1-2-12(22-4-1)14-17-13(23-18-14)8-19-3-5-21-11(6-19)7-20-10-15-9-16-20/h1-2,4,9-11H,3,5-8H2. The van der Waals surface area contributed by atoms with Crippen molar-refractivity contribution in [2.24, 2.45) is 0 Å². The van der Waals surface area contributed by atoms with Crippen molar-refractivity contribution in [2.75, 3.05) is 19.7 Å². The molecule has 23 heavy (non-hydrogen) atoms. The van der Waals surface area contributed by atoms with Crippen LogP contribution < -0.4 is 0 Å². The SMILES string of the molecule is c1coc(-c2noc(CN3CCOC(Cn4cncn4)C3)n2)c1. The fraction of sp³-hybridized carbons (Fsp3) is 0.429. The van der Waals surface area contributed by atoms with Gasteiger partial charge in [-0.05, 0) is 12.1 Å². The Morgan fingerprint density at radius 2 is 2.35 bits per heavy atom. The summed E-state index contributed by atoms with van der Waals surface area (Å²) in [5, 5.41) is 8.05. The topological polar surface area (TPSA) is 95.2 Å². The molecule has 0 radical (unpaired) electrons. The summed E-state index contributed by atoms with van der Waals surface area (Å²) in [5.41, 5.74) is 0. The molecule has 0 bridgehead atoms. The summed E-state index contributed by atoms with van der Waals surface area (Å²) in [5.74, 6) is 1.64. The highest BCUT2D eigenvalue weighted by Gasteiger charge is 2.23. The summed E-state index contributed by atoms with van der Waals surface area (Å²) in [4.78, 5) is 10.5. The van der Waals surface area contributed by atoms with Gasteiger partial charge >= 0.3 is 0 Å². The van der Waals surface area contributed by atoms with Crippen LogP contribution in [0.1, 0.15) is 5.89 Å². The molecular formula is C14H16N6O3. The van der Waals surface area contributed by atoms with Crippen molar-refractivity contribution >= 4 is 0 Å². The van der Waals surface area contributed by atoms with E-state index >= 15 is 0 Å². The van der Waals surface area contributed by atoms with Crippen molar-refractivity contribution in [3.8, 4) is 11.6 Å². The van der Waals surface area contributed by atoms with Gasteiger partial charge in [-0.15, -0.1) is 0 Å². The maximum Gasteiger partial charge on any atom is 0.241 e. The quantitative estimate of drug-likeness (QED) is 0.683. The number of hydrogen-bond acceptors (Lipinski definition) is 8. The Balaban J connectivity index is 1.37. The van der Waals surface area contributed by atoms with E-state index in [2.05, 4.69) is 25.1 Å². The van der Waals surface area contributed by atoms with Gasteiger partial charge in [-0.1, -0.05) is 5.16 Å². The van der Waals surface area contributed by atoms with Crippen molar-refractivity contribution in [1.82, 2.24) is 29.8 Å². The van der Waals surface area contributed by atoms with Gasteiger partial charge < -0.3 is 13.7 Å². The van der Waals surface area contributed by atoms with Crippen LogP contribution in [-0.4, -0.2) is 55.6 Å². The Morgan fingerprint density at radius 3 is 3.17 bits per heavy atom. The molecule has 1 aliphatic heterocycles. The van der Waals surface area contributed by atoms with Crippen molar-refractivity contribution < 1.29 is 13.7 Å². The van der Waals surface area contributed by atoms with Crippen LogP contribution in [0.5, 0.6) is 0 Å². The molecule has 0 aliphatic carbocycles. The Bertz CT molecular complexity index is 724. The van der Waals surface area contributed by atoms with Crippen LogP contribution in [0.15, 0.2) is 40.0 Å². The molecule has 0 spiro atoms. The second-order valence-corrected chi connectivity index (χ2v) is 5.33. The normalized spacial score (nSPS) is 19.2. The molecule has 9 nitrogen and oxygen atoms in total. The van der Waals surface area contributed by atoms with Gasteiger partial charge in [0, 0.05) is 13.1 Å². The zero-order valence-electron chi connectivity index (χ0n) is 12.4. The fourth-order valence-electron chi connectivity index (χ4n) is 2.59. The summed E-state index contributed by atoms with van der Waals surface area (Å²) in [6, 6.07) is 3.60. The first-order chi connectivity index (χ1) is 11.4. The van der Waals surface area contributed by atoms with Gasteiger partial charge in [0.15, 0.2) is 5.76 Å². The van der Waals surface area contributed by atoms with Gasteiger partial charge in [0.2, 0.25) is 11.7 Å². The molecule has 1 unspecified atom stereocenters. The third-order valence-electron chi connectivity index (χ3n) is 3.65. The van der Waals surface area contributed by atoms with Crippen LogP contribution in [0.3, 0.4) is 0 Å². The summed E-state index contributed by atoms with van der Waals surface area (Å²) >= 11 is 0. The van der Waals surface area contributed by atoms with Crippen molar-refractivity contribution in [3.05, 3.63) is 36.9 Å². The first kappa shape index (κ1) is 14.1. The molecule has 9 heteroatoms. The number of morpholine rings is 1. The minimum Gasteiger partial charge on any atom is -0.461 e. The summed E-state index contributed by atoms with van der Waals surface area (Å²) in [6.45, 7) is 3.53. The summed E-state index contributed by atoms with van der Waals surface area (Å²) in [7, 11) is 0. The van der Waals surface area contributed by atoms with E-state index in [1.54, 1.807) is 29.4 Å². The zero-order valence-corrected chi connectivity index (χ0v) is 12.4. The molecule has 1 atom stereocenters. The van der Waals surface area contributed by atoms with E-state index in [9.17, 15) is 0 Å². The van der Waals surface area contributed by atoms with Gasteiger partial charge in [0.25, 0.3) is 0 Å². The lowest BCUT2D eigenvalue weighted by atomic mass is 10.2. The van der Waals surface area contributed by atoms with E-state index < -0.39 is 0 Å². The molecule has 3 aromatic rings. The smallest absolute Gasteiger partial charge is 0.241 e. The summed E-state index contributed by atoms with van der Waals surface area (Å²) in [6.07, 6.45) is 4.87. The van der Waals surface area contributed by atoms with Crippen molar-refractivity contribution in [1.29, 1.82) is 0 Å². The van der Waals surface area contributed by atoms with E-state index in [0.29, 0.717) is 37.2 Å². The Kier molecular flexibility index (Phi) is 3.86. The van der Waals surface area contributed by atoms with E-state index in [-0.39, 0.29) is 6.10 Å². The van der Waals surface area contributed by atoms with Crippen molar-refractivity contribution in [3.63, 3.8) is 0 Å². The Labute approximate surface area is 131 Å². The first-order valence-electron chi connectivity index (χ1n) is 7.39. The monoisotopic (exact) mass is 316 g/mol. The van der Waals surface area contributed by atoms with Gasteiger partial charge in [-0.2, -0.15) is 10.1 Å². The number of furan rings is 1. The average molecular weight is 316 g/mol. The molecule has 1 saturated heterocycles. The number of nitrogens with zero attached hydrogens (tertiary/aromatic N) is 6. The van der Waals surface area contributed by atoms with Crippen LogP contribution in [0.4, 0.5) is 0 Å². The third-order valence-corrected chi connectivity index (χ3v) is 3.65. The van der Waals surface area contributed by atoms with Crippen LogP contribution in [0, 0.1) is 0 Å². The molecule has 120 valence electrons. The Hall–Kier alpha value is -2.52. The lowest BCUT2D eigenvalue weighted by Crippen LogP contribution is -2.43. The molecule has 1 aliphatic rings. The van der Waals surface area contributed by atoms with Crippen LogP contribution in [0.25, 0.3) is 11.6 Å². The minimum absolute atomic E-state index is 0.0675. The minimum atomic E-state index is 0.0675. The second kappa shape index (κ2) is 6.31. The predicted molar refractivity (Wildman–Crippen MR) is 77.0 cm³/mol. The zero-order chi connectivity index (χ0) is 15.5. The van der Waals surface area contributed by atoms with Gasteiger partial charge in [-0.25, -0.2) is 4.98 Å². The van der Waals surface area contributed by atoms with Gasteiger partial charge in [-0.3, -0.25) is 9.58 Å². The molecule has 4 heterocycles. The maximum atomic E-state index is 5.77. The van der Waals surface area contributed by atoms with Crippen LogP contribution in [0.2, 0.25) is 0 Å². The highest BCUT2D eigenvalue weighted by atomic mass is 16.5.